The number of guanidine groups is 1. The minimum atomic E-state index is 0.379. The lowest BCUT2D eigenvalue weighted by atomic mass is 10.2. The van der Waals surface area contributed by atoms with Gasteiger partial charge in [-0.1, -0.05) is 18.2 Å². The average molecular weight is 304 g/mol. The van der Waals surface area contributed by atoms with Crippen LogP contribution in [-0.4, -0.2) is 18.1 Å². The van der Waals surface area contributed by atoms with E-state index in [1.807, 2.05) is 31.2 Å². The van der Waals surface area contributed by atoms with Crippen LogP contribution in [0.2, 0.25) is 0 Å². The molecule has 0 fully saturated rings. The van der Waals surface area contributed by atoms with Crippen LogP contribution < -0.4 is 11.1 Å². The van der Waals surface area contributed by atoms with Gasteiger partial charge in [-0.25, -0.2) is 9.98 Å². The monoisotopic (exact) mass is 304 g/mol. The molecule has 0 bridgehead atoms. The number of anilines is 1. The summed E-state index contributed by atoms with van der Waals surface area (Å²) < 4.78 is 5.17. The predicted molar refractivity (Wildman–Crippen MR) is 87.7 cm³/mol. The van der Waals surface area contributed by atoms with E-state index in [0.29, 0.717) is 19.1 Å². The van der Waals surface area contributed by atoms with Crippen LogP contribution >= 0.6 is 11.3 Å². The van der Waals surface area contributed by atoms with Crippen LogP contribution in [0.25, 0.3) is 0 Å². The molecular weight excluding hydrogens is 284 g/mol. The summed E-state index contributed by atoms with van der Waals surface area (Å²) >= 11 is 1.65. The zero-order valence-electron chi connectivity index (χ0n) is 12.5. The molecule has 0 aliphatic carbocycles. The van der Waals surface area contributed by atoms with Crippen molar-refractivity contribution in [3.8, 4) is 0 Å². The van der Waals surface area contributed by atoms with Gasteiger partial charge in [0, 0.05) is 23.2 Å². The number of aryl methyl sites for hydroxylation is 2. The van der Waals surface area contributed by atoms with Crippen LogP contribution in [0.15, 0.2) is 29.3 Å². The van der Waals surface area contributed by atoms with Gasteiger partial charge in [-0.15, -0.1) is 11.3 Å². The van der Waals surface area contributed by atoms with E-state index in [9.17, 15) is 0 Å². The number of rotatable bonds is 5. The van der Waals surface area contributed by atoms with Crippen molar-refractivity contribution in [2.45, 2.75) is 27.0 Å². The molecule has 0 saturated heterocycles. The Bertz CT molecular complexity index is 617. The number of benzene rings is 1. The molecule has 5 nitrogen and oxygen atoms in total. The van der Waals surface area contributed by atoms with Crippen molar-refractivity contribution in [2.24, 2.45) is 10.7 Å². The summed E-state index contributed by atoms with van der Waals surface area (Å²) in [6, 6.07) is 7.86. The van der Waals surface area contributed by atoms with Gasteiger partial charge >= 0.3 is 0 Å². The molecule has 3 N–H and O–H groups in total. The molecule has 1 aromatic carbocycles. The first kappa shape index (κ1) is 15.5. The van der Waals surface area contributed by atoms with Gasteiger partial charge < -0.3 is 15.8 Å². The standard InChI is InChI=1S/C15H20N4OS/c1-10-11(2)21-14(18-10)8-17-15(16)19-13-7-5-4-6-12(13)9-20-3/h4-7H,8-9H2,1-3H3,(H3,16,17,19). The lowest BCUT2D eigenvalue weighted by molar-refractivity contribution is 0.185. The summed E-state index contributed by atoms with van der Waals surface area (Å²) in [6.45, 7) is 5.08. The summed E-state index contributed by atoms with van der Waals surface area (Å²) in [6.07, 6.45) is 0. The minimum Gasteiger partial charge on any atom is -0.380 e. The number of nitrogens with two attached hydrogens (primary N) is 1. The number of ether oxygens (including phenoxy) is 1. The molecule has 0 spiro atoms. The van der Waals surface area contributed by atoms with Crippen molar-refractivity contribution in [3.63, 3.8) is 0 Å². The molecule has 0 atom stereocenters. The van der Waals surface area contributed by atoms with E-state index in [-0.39, 0.29) is 0 Å². The number of aromatic nitrogens is 1. The van der Waals surface area contributed by atoms with Gasteiger partial charge in [0.2, 0.25) is 0 Å². The van der Waals surface area contributed by atoms with Crippen molar-refractivity contribution in [3.05, 3.63) is 45.4 Å². The quantitative estimate of drug-likeness (QED) is 0.658. The number of nitrogens with one attached hydrogen (secondary N) is 1. The normalized spacial score (nSPS) is 11.7. The Kier molecular flexibility index (Phi) is 5.30. The zero-order valence-corrected chi connectivity index (χ0v) is 13.3. The van der Waals surface area contributed by atoms with Gasteiger partial charge in [-0.05, 0) is 19.9 Å². The average Bonchev–Trinajstić information content (AvgIpc) is 2.78. The Morgan fingerprint density at radius 3 is 2.81 bits per heavy atom. The largest absolute Gasteiger partial charge is 0.380 e. The fourth-order valence-corrected chi connectivity index (χ4v) is 2.72. The number of thiazole rings is 1. The van der Waals surface area contributed by atoms with Gasteiger partial charge in [0.1, 0.15) is 5.01 Å². The van der Waals surface area contributed by atoms with E-state index < -0.39 is 0 Å². The molecule has 6 heteroatoms. The van der Waals surface area contributed by atoms with E-state index in [0.717, 1.165) is 22.0 Å². The van der Waals surface area contributed by atoms with Crippen LogP contribution in [0.1, 0.15) is 21.1 Å². The molecule has 112 valence electrons. The van der Waals surface area contributed by atoms with Gasteiger partial charge in [-0.3, -0.25) is 0 Å². The topological polar surface area (TPSA) is 72.5 Å². The third-order valence-corrected chi connectivity index (χ3v) is 4.10. The second kappa shape index (κ2) is 7.19. The molecule has 1 aromatic heterocycles. The summed E-state index contributed by atoms with van der Waals surface area (Å²) in [5.74, 6) is 0.379. The third kappa shape index (κ3) is 4.27. The molecular formula is C15H20N4OS. The fourth-order valence-electron chi connectivity index (χ4n) is 1.86. The number of hydrogen-bond acceptors (Lipinski definition) is 4. The maximum absolute atomic E-state index is 5.94. The van der Waals surface area contributed by atoms with E-state index in [1.165, 1.54) is 4.88 Å². The molecule has 21 heavy (non-hydrogen) atoms. The highest BCUT2D eigenvalue weighted by Crippen LogP contribution is 2.18. The lowest BCUT2D eigenvalue weighted by Gasteiger charge is -2.10. The highest BCUT2D eigenvalue weighted by Gasteiger charge is 2.04. The van der Waals surface area contributed by atoms with Crippen molar-refractivity contribution >= 4 is 23.0 Å². The Morgan fingerprint density at radius 1 is 1.38 bits per heavy atom. The first-order valence-corrected chi connectivity index (χ1v) is 7.48. The molecule has 2 rings (SSSR count). The number of nitrogens with zero attached hydrogens (tertiary/aromatic N) is 2. The van der Waals surface area contributed by atoms with Crippen molar-refractivity contribution in [1.29, 1.82) is 0 Å². The molecule has 0 unspecified atom stereocenters. The molecule has 1 heterocycles. The van der Waals surface area contributed by atoms with Crippen molar-refractivity contribution in [2.75, 3.05) is 12.4 Å². The molecule has 0 aliphatic rings. The van der Waals surface area contributed by atoms with Crippen LogP contribution in [0.3, 0.4) is 0 Å². The number of para-hydroxylation sites is 1. The van der Waals surface area contributed by atoms with E-state index in [2.05, 4.69) is 22.2 Å². The number of aliphatic imine (C=N–C) groups is 1. The van der Waals surface area contributed by atoms with Crippen LogP contribution in [-0.2, 0) is 17.9 Å². The Balaban J connectivity index is 2.03. The third-order valence-electron chi connectivity index (χ3n) is 3.04. The summed E-state index contributed by atoms with van der Waals surface area (Å²) in [5.41, 5.74) is 8.95. The Morgan fingerprint density at radius 2 is 2.14 bits per heavy atom. The molecule has 0 saturated carbocycles. The van der Waals surface area contributed by atoms with Crippen molar-refractivity contribution in [1.82, 2.24) is 4.98 Å². The van der Waals surface area contributed by atoms with E-state index in [4.69, 9.17) is 10.5 Å². The van der Waals surface area contributed by atoms with Gasteiger partial charge in [0.25, 0.3) is 0 Å². The minimum absolute atomic E-state index is 0.379. The lowest BCUT2D eigenvalue weighted by Crippen LogP contribution is -2.23. The van der Waals surface area contributed by atoms with Crippen molar-refractivity contribution < 1.29 is 4.74 Å². The predicted octanol–water partition coefficient (Wildman–Crippen LogP) is 2.83. The fraction of sp³-hybridized carbons (Fsp3) is 0.333. The zero-order chi connectivity index (χ0) is 15.2. The maximum Gasteiger partial charge on any atom is 0.193 e. The number of hydrogen-bond donors (Lipinski definition) is 2. The van der Waals surface area contributed by atoms with Crippen LogP contribution in [0.5, 0.6) is 0 Å². The molecule has 2 aromatic rings. The number of methoxy groups -OCH3 is 1. The highest BCUT2D eigenvalue weighted by molar-refractivity contribution is 7.11. The van der Waals surface area contributed by atoms with E-state index in [1.54, 1.807) is 18.4 Å². The van der Waals surface area contributed by atoms with Gasteiger partial charge in [0.05, 0.1) is 18.8 Å². The van der Waals surface area contributed by atoms with Crippen LogP contribution in [0, 0.1) is 13.8 Å². The summed E-state index contributed by atoms with van der Waals surface area (Å²) in [4.78, 5) is 10.00. The molecule has 0 radical (unpaired) electrons. The highest BCUT2D eigenvalue weighted by atomic mass is 32.1. The van der Waals surface area contributed by atoms with Crippen LogP contribution in [0.4, 0.5) is 5.69 Å². The van der Waals surface area contributed by atoms with Gasteiger partial charge in [0.15, 0.2) is 5.96 Å². The first-order chi connectivity index (χ1) is 10.1. The smallest absolute Gasteiger partial charge is 0.193 e. The SMILES string of the molecule is COCc1ccccc1NC(N)=NCc1nc(C)c(C)s1. The second-order valence-corrected chi connectivity index (χ2v) is 5.95. The Labute approximate surface area is 128 Å². The molecule has 0 aliphatic heterocycles. The summed E-state index contributed by atoms with van der Waals surface area (Å²) in [7, 11) is 1.67. The second-order valence-electron chi connectivity index (χ2n) is 4.67. The van der Waals surface area contributed by atoms with E-state index >= 15 is 0 Å². The van der Waals surface area contributed by atoms with Gasteiger partial charge in [-0.2, -0.15) is 0 Å². The first-order valence-electron chi connectivity index (χ1n) is 6.67. The Hall–Kier alpha value is -1.92. The maximum atomic E-state index is 5.94. The summed E-state index contributed by atoms with van der Waals surface area (Å²) in [5, 5.41) is 4.08. The molecule has 0 amide bonds.